The molecule has 0 spiro atoms. The summed E-state index contributed by atoms with van der Waals surface area (Å²) in [5, 5.41) is 17.7. The van der Waals surface area contributed by atoms with Gasteiger partial charge in [-0.25, -0.2) is 0 Å². The van der Waals surface area contributed by atoms with Crippen molar-refractivity contribution in [3.05, 3.63) is 96.5 Å². The number of nitrogens with two attached hydrogens (primary N) is 1. The molecule has 1 atom stereocenters. The summed E-state index contributed by atoms with van der Waals surface area (Å²) < 4.78 is 5.56. The minimum absolute atomic E-state index is 0.143. The van der Waals surface area contributed by atoms with Crippen LogP contribution in [-0.4, -0.2) is 47.5 Å². The molecule has 0 aromatic heterocycles. The van der Waals surface area contributed by atoms with Crippen LogP contribution in [0.1, 0.15) is 24.0 Å². The molecule has 1 aliphatic heterocycles. The van der Waals surface area contributed by atoms with Gasteiger partial charge in [0.1, 0.15) is 23.8 Å². The standard InChI is InChI=1S/C29H32N4O4/c30-12-4-13-31-29(36)26(18-21-9-10-22-5-1-2-6-23(22)17-21)32-28(35)11-14-33-15-16-37-27(20-33)24-7-3-8-25(34)19-24/h1-3,5-10,15-17,19-20,26,34H,4,11-14,18,30H2,(H,31,36)(H,32,35). The quantitative estimate of drug-likeness (QED) is 0.301. The van der Waals surface area contributed by atoms with Gasteiger partial charge in [-0.05, 0) is 41.4 Å². The third kappa shape index (κ3) is 7.35. The van der Waals surface area contributed by atoms with Gasteiger partial charge in [0.05, 0.1) is 0 Å². The van der Waals surface area contributed by atoms with E-state index in [0.717, 1.165) is 21.9 Å². The number of carbonyl (C=O) groups excluding carboxylic acids is 2. The molecule has 2 amide bonds. The maximum atomic E-state index is 12.9. The van der Waals surface area contributed by atoms with Gasteiger partial charge < -0.3 is 31.1 Å². The van der Waals surface area contributed by atoms with Crippen LogP contribution in [0.5, 0.6) is 5.75 Å². The fourth-order valence-electron chi connectivity index (χ4n) is 4.09. The van der Waals surface area contributed by atoms with E-state index in [-0.39, 0.29) is 24.0 Å². The van der Waals surface area contributed by atoms with E-state index in [1.165, 1.54) is 6.26 Å². The second-order valence-corrected chi connectivity index (χ2v) is 8.87. The Morgan fingerprint density at radius 2 is 1.86 bits per heavy atom. The number of ether oxygens (including phenoxy) is 1. The number of rotatable bonds is 11. The van der Waals surface area contributed by atoms with Gasteiger partial charge >= 0.3 is 0 Å². The molecule has 0 aliphatic carbocycles. The molecule has 0 fully saturated rings. The number of nitrogens with one attached hydrogen (secondary N) is 2. The number of phenolic OH excluding ortho intramolecular Hbond substituents is 1. The van der Waals surface area contributed by atoms with E-state index < -0.39 is 6.04 Å². The Hall–Kier alpha value is -4.30. The SMILES string of the molecule is NCCCNC(=O)C(Cc1ccc2ccccc2c1)NC(=O)CCN1C=COC(c2cccc(O)c2)=C1. The summed E-state index contributed by atoms with van der Waals surface area (Å²) in [6, 6.07) is 20.2. The largest absolute Gasteiger partial charge is 0.508 e. The maximum absolute atomic E-state index is 12.9. The number of amides is 2. The lowest BCUT2D eigenvalue weighted by molar-refractivity contribution is -0.129. The van der Waals surface area contributed by atoms with Gasteiger partial charge in [-0.3, -0.25) is 9.59 Å². The van der Waals surface area contributed by atoms with Crippen LogP contribution in [0, 0.1) is 0 Å². The van der Waals surface area contributed by atoms with E-state index in [1.807, 2.05) is 53.4 Å². The summed E-state index contributed by atoms with van der Waals surface area (Å²) in [4.78, 5) is 27.6. The molecule has 0 bridgehead atoms. The number of carbonyl (C=O) groups is 2. The highest BCUT2D eigenvalue weighted by Crippen LogP contribution is 2.24. The first-order valence-electron chi connectivity index (χ1n) is 12.4. The van der Waals surface area contributed by atoms with Crippen LogP contribution in [0.25, 0.3) is 16.5 Å². The minimum atomic E-state index is -0.704. The average Bonchev–Trinajstić information content (AvgIpc) is 2.92. The monoisotopic (exact) mass is 500 g/mol. The van der Waals surface area contributed by atoms with Gasteiger partial charge in [-0.1, -0.05) is 54.6 Å². The zero-order valence-corrected chi connectivity index (χ0v) is 20.6. The maximum Gasteiger partial charge on any atom is 0.242 e. The highest BCUT2D eigenvalue weighted by atomic mass is 16.5. The lowest BCUT2D eigenvalue weighted by Gasteiger charge is -2.23. The van der Waals surface area contributed by atoms with E-state index >= 15 is 0 Å². The molecule has 4 rings (SSSR count). The smallest absolute Gasteiger partial charge is 0.242 e. The molecule has 3 aromatic carbocycles. The number of hydrogen-bond acceptors (Lipinski definition) is 6. The second-order valence-electron chi connectivity index (χ2n) is 8.87. The molecule has 0 radical (unpaired) electrons. The van der Waals surface area contributed by atoms with Crippen molar-refractivity contribution in [3.8, 4) is 5.75 Å². The van der Waals surface area contributed by atoms with Crippen molar-refractivity contribution >= 4 is 28.3 Å². The van der Waals surface area contributed by atoms with Crippen LogP contribution in [0.15, 0.2) is 85.4 Å². The van der Waals surface area contributed by atoms with Gasteiger partial charge in [-0.2, -0.15) is 0 Å². The number of phenols is 1. The van der Waals surface area contributed by atoms with Gasteiger partial charge in [0.2, 0.25) is 11.8 Å². The lowest BCUT2D eigenvalue weighted by Crippen LogP contribution is -2.48. The minimum Gasteiger partial charge on any atom is -0.508 e. The molecule has 8 nitrogen and oxygen atoms in total. The molecule has 5 N–H and O–H groups in total. The van der Waals surface area contributed by atoms with Crippen LogP contribution < -0.4 is 16.4 Å². The third-order valence-corrected chi connectivity index (χ3v) is 6.04. The van der Waals surface area contributed by atoms with Gasteiger partial charge in [0.25, 0.3) is 0 Å². The molecule has 37 heavy (non-hydrogen) atoms. The van der Waals surface area contributed by atoms with Crippen LogP contribution in [0.3, 0.4) is 0 Å². The second kappa shape index (κ2) is 12.6. The fraction of sp³-hybridized carbons (Fsp3) is 0.241. The third-order valence-electron chi connectivity index (χ3n) is 6.04. The summed E-state index contributed by atoms with van der Waals surface area (Å²) in [6.07, 6.45) is 6.26. The highest BCUT2D eigenvalue weighted by molar-refractivity contribution is 5.88. The highest BCUT2D eigenvalue weighted by Gasteiger charge is 2.21. The average molecular weight is 501 g/mol. The zero-order valence-electron chi connectivity index (χ0n) is 20.6. The summed E-state index contributed by atoms with van der Waals surface area (Å²) in [5.41, 5.74) is 7.25. The fourth-order valence-corrected chi connectivity index (χ4v) is 4.09. The van der Waals surface area contributed by atoms with Gasteiger partial charge in [0.15, 0.2) is 0 Å². The van der Waals surface area contributed by atoms with Crippen molar-refractivity contribution in [2.45, 2.75) is 25.3 Å². The molecule has 1 heterocycles. The van der Waals surface area contributed by atoms with Crippen LogP contribution in [-0.2, 0) is 20.7 Å². The van der Waals surface area contributed by atoms with Crippen LogP contribution in [0.4, 0.5) is 0 Å². The number of nitrogens with zero attached hydrogens (tertiary/aromatic N) is 1. The van der Waals surface area contributed by atoms with E-state index in [9.17, 15) is 14.7 Å². The van der Waals surface area contributed by atoms with E-state index in [0.29, 0.717) is 38.2 Å². The normalized spacial score (nSPS) is 13.5. The Labute approximate surface area is 216 Å². The predicted molar refractivity (Wildman–Crippen MR) is 144 cm³/mol. The van der Waals surface area contributed by atoms with Gasteiger partial charge in [-0.15, -0.1) is 0 Å². The summed E-state index contributed by atoms with van der Waals surface area (Å²) in [5.74, 6) is 0.246. The van der Waals surface area contributed by atoms with Crippen molar-refractivity contribution in [2.75, 3.05) is 19.6 Å². The number of aromatic hydroxyl groups is 1. The number of fused-ring (bicyclic) bond motifs is 1. The van der Waals surface area contributed by atoms with E-state index in [1.54, 1.807) is 30.6 Å². The van der Waals surface area contributed by atoms with E-state index in [4.69, 9.17) is 10.5 Å². The summed E-state index contributed by atoms with van der Waals surface area (Å²) in [7, 11) is 0. The molecular weight excluding hydrogens is 468 g/mol. The first-order chi connectivity index (χ1) is 18.0. The van der Waals surface area contributed by atoms with Crippen LogP contribution >= 0.6 is 0 Å². The van der Waals surface area contributed by atoms with E-state index in [2.05, 4.69) is 10.6 Å². The zero-order chi connectivity index (χ0) is 26.0. The topological polar surface area (TPSA) is 117 Å². The molecule has 3 aromatic rings. The van der Waals surface area contributed by atoms with Gasteiger partial charge in [0, 0.05) is 43.9 Å². The Morgan fingerprint density at radius 3 is 2.68 bits per heavy atom. The molecule has 8 heteroatoms. The Kier molecular flexibility index (Phi) is 8.78. The molecule has 0 saturated carbocycles. The molecule has 1 aliphatic rings. The molecular formula is C29H32N4O4. The van der Waals surface area contributed by atoms with Crippen molar-refractivity contribution in [2.24, 2.45) is 5.73 Å². The lowest BCUT2D eigenvalue weighted by atomic mass is 10.0. The Bertz CT molecular complexity index is 1300. The first-order valence-corrected chi connectivity index (χ1v) is 12.4. The first kappa shape index (κ1) is 25.8. The van der Waals surface area contributed by atoms with Crippen molar-refractivity contribution < 1.29 is 19.4 Å². The summed E-state index contributed by atoms with van der Waals surface area (Å²) >= 11 is 0. The molecule has 1 unspecified atom stereocenters. The number of hydrogen-bond donors (Lipinski definition) is 4. The number of benzene rings is 3. The van der Waals surface area contributed by atoms with Crippen molar-refractivity contribution in [1.29, 1.82) is 0 Å². The Balaban J connectivity index is 1.39. The van der Waals surface area contributed by atoms with Crippen molar-refractivity contribution in [3.63, 3.8) is 0 Å². The Morgan fingerprint density at radius 1 is 1.03 bits per heavy atom. The van der Waals surface area contributed by atoms with Crippen molar-refractivity contribution in [1.82, 2.24) is 15.5 Å². The molecule has 0 saturated heterocycles. The molecule has 192 valence electrons. The predicted octanol–water partition coefficient (Wildman–Crippen LogP) is 3.23. The van der Waals surface area contributed by atoms with Crippen LogP contribution in [0.2, 0.25) is 0 Å². The summed E-state index contributed by atoms with van der Waals surface area (Å²) in [6.45, 7) is 1.33.